The van der Waals surface area contributed by atoms with Gasteiger partial charge in [0.1, 0.15) is 11.5 Å². The van der Waals surface area contributed by atoms with Gasteiger partial charge in [0.05, 0.1) is 25.6 Å². The number of methoxy groups -OCH3 is 1. The number of nitrogens with zero attached hydrogens (tertiary/aromatic N) is 2. The van der Waals surface area contributed by atoms with Crippen molar-refractivity contribution in [2.24, 2.45) is 5.92 Å². The van der Waals surface area contributed by atoms with Gasteiger partial charge in [-0.05, 0) is 38.0 Å². The van der Waals surface area contributed by atoms with Crippen molar-refractivity contribution in [1.29, 1.82) is 0 Å². The number of carbonyl (C=O) groups excluding carboxylic acids is 1. The Morgan fingerprint density at radius 3 is 2.30 bits per heavy atom. The molecule has 0 saturated heterocycles. The van der Waals surface area contributed by atoms with Gasteiger partial charge in [0, 0.05) is 37.0 Å². The zero-order valence-electron chi connectivity index (χ0n) is 20.3. The predicted octanol–water partition coefficient (Wildman–Crippen LogP) is 4.57. The molecule has 0 saturated carbocycles. The van der Waals surface area contributed by atoms with Crippen LogP contribution in [0.15, 0.2) is 42.5 Å². The van der Waals surface area contributed by atoms with E-state index >= 15 is 0 Å². The van der Waals surface area contributed by atoms with Gasteiger partial charge in [0.25, 0.3) is 0 Å². The second-order valence-corrected chi connectivity index (χ2v) is 9.73. The number of benzene rings is 2. The van der Waals surface area contributed by atoms with E-state index in [2.05, 4.69) is 10.2 Å². The average molecular weight is 478 g/mol. The third-order valence-corrected chi connectivity index (χ3v) is 5.49. The maximum atomic E-state index is 13.2. The summed E-state index contributed by atoms with van der Waals surface area (Å²) in [5, 5.41) is 2.90. The van der Waals surface area contributed by atoms with Crippen LogP contribution < -0.4 is 19.1 Å². The monoisotopic (exact) mass is 477 g/mol. The van der Waals surface area contributed by atoms with Crippen molar-refractivity contribution in [3.63, 3.8) is 0 Å². The van der Waals surface area contributed by atoms with E-state index in [0.29, 0.717) is 23.5 Å². The molecule has 2 aromatic rings. The van der Waals surface area contributed by atoms with Crippen LogP contribution in [-0.2, 0) is 16.7 Å². The van der Waals surface area contributed by atoms with E-state index in [1.165, 1.54) is 0 Å². The molecule has 182 valence electrons. The lowest BCUT2D eigenvalue weighted by molar-refractivity contribution is 0.201. The molecule has 1 N–H and O–H groups in total. The zero-order valence-corrected chi connectivity index (χ0v) is 21.1. The minimum absolute atomic E-state index is 0.183. The Labute approximate surface area is 197 Å². The first kappa shape index (κ1) is 26.3. The number of amides is 2. The van der Waals surface area contributed by atoms with Gasteiger partial charge in [-0.1, -0.05) is 32.0 Å². The minimum atomic E-state index is -3.75. The van der Waals surface area contributed by atoms with Gasteiger partial charge in [-0.15, -0.1) is 0 Å². The highest BCUT2D eigenvalue weighted by Crippen LogP contribution is 2.29. The molecule has 2 amide bonds. The van der Waals surface area contributed by atoms with Gasteiger partial charge in [0.2, 0.25) is 0 Å². The van der Waals surface area contributed by atoms with Gasteiger partial charge in [-0.3, -0.25) is 0 Å². The molecule has 0 atom stereocenters. The lowest BCUT2D eigenvalue weighted by atomic mass is 10.1. The smallest absolute Gasteiger partial charge is 0.322 e. The third-order valence-electron chi connectivity index (χ3n) is 5.00. The van der Waals surface area contributed by atoms with Gasteiger partial charge in [0.15, 0.2) is 0 Å². The number of para-hydroxylation sites is 2. The zero-order chi connectivity index (χ0) is 24.6. The van der Waals surface area contributed by atoms with Crippen molar-refractivity contribution in [3.8, 4) is 11.5 Å². The summed E-state index contributed by atoms with van der Waals surface area (Å²) in [6.45, 7) is 10.3. The molecule has 0 aromatic heterocycles. The maximum Gasteiger partial charge on any atom is 0.322 e. The van der Waals surface area contributed by atoms with Crippen LogP contribution in [0.3, 0.4) is 0 Å². The second kappa shape index (κ2) is 11.8. The largest absolute Gasteiger partial charge is 0.495 e. The fourth-order valence-corrected chi connectivity index (χ4v) is 3.99. The van der Waals surface area contributed by atoms with Crippen LogP contribution in [0.5, 0.6) is 11.5 Å². The Kier molecular flexibility index (Phi) is 9.40. The van der Waals surface area contributed by atoms with Crippen LogP contribution in [0.25, 0.3) is 0 Å². The lowest BCUT2D eigenvalue weighted by Crippen LogP contribution is -2.37. The van der Waals surface area contributed by atoms with Crippen LogP contribution in [0.4, 0.5) is 16.2 Å². The molecule has 8 nitrogen and oxygen atoms in total. The van der Waals surface area contributed by atoms with Gasteiger partial charge >= 0.3 is 16.1 Å². The average Bonchev–Trinajstić information content (AvgIpc) is 2.74. The number of carbonyl (C=O) groups is 1. The molecule has 0 bridgehead atoms. The lowest BCUT2D eigenvalue weighted by Gasteiger charge is -2.27. The summed E-state index contributed by atoms with van der Waals surface area (Å²) in [4.78, 5) is 16.9. The number of ether oxygens (including phenoxy) is 1. The Hall–Kier alpha value is -2.94. The van der Waals surface area contributed by atoms with E-state index in [1.54, 1.807) is 30.2 Å². The summed E-state index contributed by atoms with van der Waals surface area (Å²) in [6.07, 6.45) is 1.02. The first-order valence-corrected chi connectivity index (χ1v) is 12.9. The fourth-order valence-electron chi connectivity index (χ4n) is 3.51. The summed E-state index contributed by atoms with van der Waals surface area (Å²) < 4.78 is 34.5. The molecule has 0 fully saturated rings. The Morgan fingerprint density at radius 1 is 1.06 bits per heavy atom. The van der Waals surface area contributed by atoms with Crippen molar-refractivity contribution in [1.82, 2.24) is 4.90 Å². The van der Waals surface area contributed by atoms with Crippen LogP contribution >= 0.6 is 0 Å². The summed E-state index contributed by atoms with van der Waals surface area (Å²) in [5.74, 6) is 0.975. The van der Waals surface area contributed by atoms with E-state index in [4.69, 9.17) is 8.92 Å². The highest BCUT2D eigenvalue weighted by atomic mass is 32.2. The van der Waals surface area contributed by atoms with E-state index in [1.807, 2.05) is 52.0 Å². The number of hydrogen-bond donors (Lipinski definition) is 1. The van der Waals surface area contributed by atoms with Crippen LogP contribution in [0.2, 0.25) is 0 Å². The van der Waals surface area contributed by atoms with Gasteiger partial charge in [-0.25, -0.2) is 4.79 Å². The van der Waals surface area contributed by atoms with Crippen LogP contribution in [-0.4, -0.2) is 52.3 Å². The molecule has 2 aromatic carbocycles. The highest BCUT2D eigenvalue weighted by Gasteiger charge is 2.21. The standard InChI is InChI=1S/C24H35N3O5S/c1-7-26(8-2)20-14-13-19(23(15-20)32-33(6,29)30)17-27(16-18(3)4)24(28)25-21-11-9-10-12-22(21)31-5/h9-15,18H,7-8,16-17H2,1-6H3,(H,25,28). The summed E-state index contributed by atoms with van der Waals surface area (Å²) in [6, 6.07) is 12.3. The topological polar surface area (TPSA) is 88.2 Å². The molecular weight excluding hydrogens is 442 g/mol. The maximum absolute atomic E-state index is 13.2. The molecule has 2 rings (SSSR count). The van der Waals surface area contributed by atoms with E-state index in [-0.39, 0.29) is 24.2 Å². The number of hydrogen-bond acceptors (Lipinski definition) is 6. The van der Waals surface area contributed by atoms with Crippen LogP contribution in [0, 0.1) is 5.92 Å². The quantitative estimate of drug-likeness (QED) is 0.477. The number of nitrogens with one attached hydrogen (secondary N) is 1. The summed E-state index contributed by atoms with van der Waals surface area (Å²) in [7, 11) is -2.20. The molecule has 0 unspecified atom stereocenters. The molecule has 0 aliphatic carbocycles. The summed E-state index contributed by atoms with van der Waals surface area (Å²) >= 11 is 0. The number of urea groups is 1. The predicted molar refractivity (Wildman–Crippen MR) is 133 cm³/mol. The van der Waals surface area contributed by atoms with Crippen molar-refractivity contribution in [2.75, 3.05) is 43.2 Å². The highest BCUT2D eigenvalue weighted by molar-refractivity contribution is 7.86. The molecule has 33 heavy (non-hydrogen) atoms. The van der Waals surface area contributed by atoms with E-state index < -0.39 is 10.1 Å². The van der Waals surface area contributed by atoms with Crippen molar-refractivity contribution in [2.45, 2.75) is 34.2 Å². The van der Waals surface area contributed by atoms with Crippen molar-refractivity contribution >= 4 is 27.5 Å². The molecule has 0 aliphatic rings. The van der Waals surface area contributed by atoms with Crippen LogP contribution in [0.1, 0.15) is 33.3 Å². The SMILES string of the molecule is CCN(CC)c1ccc(CN(CC(C)C)C(=O)Nc2ccccc2OC)c(OS(C)(=O)=O)c1. The van der Waals surface area contributed by atoms with E-state index in [0.717, 1.165) is 25.0 Å². The van der Waals surface area contributed by atoms with Crippen molar-refractivity contribution < 1.29 is 22.1 Å². The normalized spacial score (nSPS) is 11.2. The Balaban J connectivity index is 2.39. The first-order chi connectivity index (χ1) is 15.6. The minimum Gasteiger partial charge on any atom is -0.495 e. The fraction of sp³-hybridized carbons (Fsp3) is 0.458. The Morgan fingerprint density at radius 2 is 1.73 bits per heavy atom. The first-order valence-electron chi connectivity index (χ1n) is 11.0. The number of anilines is 2. The van der Waals surface area contributed by atoms with Gasteiger partial charge < -0.3 is 24.0 Å². The molecule has 0 radical (unpaired) electrons. The number of rotatable bonds is 11. The molecule has 0 spiro atoms. The molecule has 0 aliphatic heterocycles. The second-order valence-electron chi connectivity index (χ2n) is 8.16. The molecular formula is C24H35N3O5S. The van der Waals surface area contributed by atoms with Gasteiger partial charge in [-0.2, -0.15) is 8.42 Å². The molecule has 0 heterocycles. The third kappa shape index (κ3) is 7.85. The van der Waals surface area contributed by atoms with E-state index in [9.17, 15) is 13.2 Å². The molecule has 9 heteroatoms. The Bertz CT molecular complexity index is 1040. The van der Waals surface area contributed by atoms with Crippen molar-refractivity contribution in [3.05, 3.63) is 48.0 Å². The summed E-state index contributed by atoms with van der Waals surface area (Å²) in [5.41, 5.74) is 2.02.